The van der Waals surface area contributed by atoms with Gasteiger partial charge in [0.05, 0.1) is 0 Å². The molecule has 0 saturated heterocycles. The van der Waals surface area contributed by atoms with Crippen molar-refractivity contribution < 1.29 is 18.8 Å². The molecular formula is C4H9O4P. The second-order valence-electron chi connectivity index (χ2n) is 1.45. The zero-order chi connectivity index (χ0) is 7.49. The maximum absolute atomic E-state index is 10.5. The first-order valence-electron chi connectivity index (χ1n) is 2.46. The van der Waals surface area contributed by atoms with Crippen LogP contribution in [0.1, 0.15) is 13.3 Å². The molecule has 0 aliphatic carbocycles. The predicted molar refractivity (Wildman–Crippen MR) is 32.1 cm³/mol. The van der Waals surface area contributed by atoms with E-state index in [0.717, 1.165) is 7.11 Å². The molecule has 0 bridgehead atoms. The molecule has 0 fully saturated rings. The second-order valence-corrected chi connectivity index (χ2v) is 3.36. The highest BCUT2D eigenvalue weighted by Crippen LogP contribution is 2.42. The molecule has 0 heterocycles. The van der Waals surface area contributed by atoms with E-state index in [2.05, 4.69) is 4.52 Å². The van der Waals surface area contributed by atoms with Gasteiger partial charge in [-0.3, -0.25) is 9.36 Å². The van der Waals surface area contributed by atoms with Crippen LogP contribution in [0, 0.1) is 0 Å². The molecule has 0 aromatic heterocycles. The maximum atomic E-state index is 10.5. The van der Waals surface area contributed by atoms with Gasteiger partial charge in [0.15, 0.2) is 0 Å². The largest absolute Gasteiger partial charge is 0.393 e. The minimum Gasteiger partial charge on any atom is -0.319 e. The lowest BCUT2D eigenvalue weighted by molar-refractivity contribution is -0.113. The molecule has 9 heavy (non-hydrogen) atoms. The van der Waals surface area contributed by atoms with Crippen LogP contribution in [-0.4, -0.2) is 17.5 Å². The van der Waals surface area contributed by atoms with Gasteiger partial charge in [-0.05, 0) is 0 Å². The van der Waals surface area contributed by atoms with E-state index in [1.54, 1.807) is 0 Å². The number of hydrogen-bond acceptors (Lipinski definition) is 3. The second kappa shape index (κ2) is 3.11. The van der Waals surface area contributed by atoms with Gasteiger partial charge in [0, 0.05) is 13.5 Å². The van der Waals surface area contributed by atoms with Crippen LogP contribution < -0.4 is 0 Å². The highest BCUT2D eigenvalue weighted by molar-refractivity contribution is 7.70. The molecule has 4 nitrogen and oxygen atoms in total. The molecular weight excluding hydrogens is 143 g/mol. The van der Waals surface area contributed by atoms with Crippen LogP contribution in [0.15, 0.2) is 0 Å². The van der Waals surface area contributed by atoms with E-state index in [0.29, 0.717) is 0 Å². The summed E-state index contributed by atoms with van der Waals surface area (Å²) in [6, 6.07) is 0. The van der Waals surface area contributed by atoms with Gasteiger partial charge in [0.2, 0.25) is 5.52 Å². The van der Waals surface area contributed by atoms with Crippen molar-refractivity contribution in [2.75, 3.05) is 7.11 Å². The van der Waals surface area contributed by atoms with Crippen molar-refractivity contribution in [2.24, 2.45) is 0 Å². The summed E-state index contributed by atoms with van der Waals surface area (Å²) in [7, 11) is -2.87. The molecule has 0 amide bonds. The lowest BCUT2D eigenvalue weighted by Crippen LogP contribution is -1.97. The van der Waals surface area contributed by atoms with Gasteiger partial charge in [-0.15, -0.1) is 0 Å². The highest BCUT2D eigenvalue weighted by Gasteiger charge is 2.26. The molecule has 0 spiro atoms. The fraction of sp³-hybridized carbons (Fsp3) is 0.750. The normalized spacial score (nSPS) is 16.8. The van der Waals surface area contributed by atoms with Crippen LogP contribution in [0.5, 0.6) is 0 Å². The van der Waals surface area contributed by atoms with Crippen LogP contribution in [0.3, 0.4) is 0 Å². The van der Waals surface area contributed by atoms with Gasteiger partial charge in [0.25, 0.3) is 0 Å². The topological polar surface area (TPSA) is 63.6 Å². The van der Waals surface area contributed by atoms with Crippen molar-refractivity contribution >= 4 is 13.1 Å². The Hall–Kier alpha value is -0.180. The molecule has 1 N–H and O–H groups in total. The van der Waals surface area contributed by atoms with Gasteiger partial charge < -0.3 is 9.42 Å². The van der Waals surface area contributed by atoms with E-state index in [4.69, 9.17) is 4.89 Å². The molecule has 0 aliphatic rings. The van der Waals surface area contributed by atoms with Gasteiger partial charge in [-0.25, -0.2) is 0 Å². The summed E-state index contributed by atoms with van der Waals surface area (Å²) in [6.07, 6.45) is 0.0294. The van der Waals surface area contributed by atoms with Crippen molar-refractivity contribution in [3.8, 4) is 0 Å². The van der Waals surface area contributed by atoms with Crippen molar-refractivity contribution in [2.45, 2.75) is 13.3 Å². The fourth-order valence-electron chi connectivity index (χ4n) is 0.302. The van der Waals surface area contributed by atoms with E-state index >= 15 is 0 Å². The smallest absolute Gasteiger partial charge is 0.319 e. The van der Waals surface area contributed by atoms with Crippen molar-refractivity contribution in [1.82, 2.24) is 0 Å². The quantitative estimate of drug-likeness (QED) is 0.606. The summed E-state index contributed by atoms with van der Waals surface area (Å²) < 4.78 is 14.5. The van der Waals surface area contributed by atoms with Crippen LogP contribution in [0.4, 0.5) is 0 Å². The van der Waals surface area contributed by atoms with Gasteiger partial charge in [0.1, 0.15) is 0 Å². The number of hydrogen-bond donors (Lipinski definition) is 1. The van der Waals surface area contributed by atoms with Crippen LogP contribution >= 0.6 is 7.60 Å². The summed E-state index contributed by atoms with van der Waals surface area (Å²) in [6.45, 7) is 1.50. The first-order chi connectivity index (χ1) is 4.04. The van der Waals surface area contributed by atoms with Crippen molar-refractivity contribution in [1.29, 1.82) is 0 Å². The Morgan fingerprint density at radius 3 is 2.33 bits per heavy atom. The van der Waals surface area contributed by atoms with Crippen molar-refractivity contribution in [3.63, 3.8) is 0 Å². The zero-order valence-electron chi connectivity index (χ0n) is 5.33. The Morgan fingerprint density at radius 2 is 2.22 bits per heavy atom. The average Bonchev–Trinajstić information content (AvgIpc) is 1.86. The van der Waals surface area contributed by atoms with Gasteiger partial charge in [-0.1, -0.05) is 6.92 Å². The molecule has 54 valence electrons. The maximum Gasteiger partial charge on any atom is 0.393 e. The lowest BCUT2D eigenvalue weighted by Gasteiger charge is -2.03. The van der Waals surface area contributed by atoms with Gasteiger partial charge >= 0.3 is 7.60 Å². The fourth-order valence-corrected chi connectivity index (χ4v) is 0.905. The summed E-state index contributed by atoms with van der Waals surface area (Å²) in [5.74, 6) is 0. The van der Waals surface area contributed by atoms with Crippen LogP contribution in [-0.2, 0) is 13.9 Å². The number of carbonyl (C=O) groups excluding carboxylic acids is 1. The van der Waals surface area contributed by atoms with Crippen LogP contribution in [0.2, 0.25) is 0 Å². The Morgan fingerprint density at radius 1 is 1.78 bits per heavy atom. The molecule has 0 aromatic carbocycles. The van der Waals surface area contributed by atoms with E-state index in [1.165, 1.54) is 6.92 Å². The first-order valence-corrected chi connectivity index (χ1v) is 4.04. The summed E-state index contributed by atoms with van der Waals surface area (Å²) in [5.41, 5.74) is -0.745. The van der Waals surface area contributed by atoms with Crippen molar-refractivity contribution in [3.05, 3.63) is 0 Å². The van der Waals surface area contributed by atoms with E-state index < -0.39 is 13.1 Å². The molecule has 0 aliphatic heterocycles. The number of rotatable bonds is 3. The molecule has 0 rings (SSSR count). The molecule has 0 saturated carbocycles. The van der Waals surface area contributed by atoms with E-state index in [-0.39, 0.29) is 6.42 Å². The predicted octanol–water partition coefficient (Wildman–Crippen LogP) is 0.755. The summed E-state index contributed by atoms with van der Waals surface area (Å²) in [5, 5.41) is 0. The Balaban J connectivity index is 4.16. The molecule has 0 radical (unpaired) electrons. The molecule has 5 heteroatoms. The van der Waals surface area contributed by atoms with E-state index in [9.17, 15) is 9.36 Å². The zero-order valence-corrected chi connectivity index (χ0v) is 6.22. The highest BCUT2D eigenvalue weighted by atomic mass is 31.2. The standard InChI is InChI=1S/C4H9O4P/c1-3-4(5)9(6,7)8-2/h3H2,1-2H3,(H,6,7). The molecule has 1 atom stereocenters. The minimum absolute atomic E-state index is 0.0294. The minimum atomic E-state index is -3.90. The summed E-state index contributed by atoms with van der Waals surface area (Å²) >= 11 is 0. The first kappa shape index (κ1) is 8.82. The Kier molecular flexibility index (Phi) is 3.04. The van der Waals surface area contributed by atoms with Crippen LogP contribution in [0.25, 0.3) is 0 Å². The van der Waals surface area contributed by atoms with Gasteiger partial charge in [-0.2, -0.15) is 0 Å². The number of carbonyl (C=O) groups is 1. The summed E-state index contributed by atoms with van der Waals surface area (Å²) in [4.78, 5) is 19.0. The monoisotopic (exact) mass is 152 g/mol. The molecule has 1 unspecified atom stereocenters. The lowest BCUT2D eigenvalue weighted by atomic mass is 10.6. The third-order valence-corrected chi connectivity index (χ3v) is 2.31. The third kappa shape index (κ3) is 2.26. The Labute approximate surface area is 53.4 Å². The van der Waals surface area contributed by atoms with E-state index in [1.807, 2.05) is 0 Å². The average molecular weight is 152 g/mol. The SMILES string of the molecule is CCC(=O)P(=O)(O)OC. The Bertz CT molecular complexity index is 153. The molecule has 0 aromatic rings. The third-order valence-electron chi connectivity index (χ3n) is 0.865.